The molecule has 0 unspecified atom stereocenters. The average Bonchev–Trinajstić information content (AvgIpc) is 2.66. The topological polar surface area (TPSA) is 72.2 Å². The Bertz CT molecular complexity index is 1060. The van der Waals surface area contributed by atoms with Gasteiger partial charge in [-0.15, -0.1) is 0 Å². The number of nitrogens with one attached hydrogen (secondary N) is 1. The van der Waals surface area contributed by atoms with Gasteiger partial charge in [0.25, 0.3) is 5.91 Å². The largest absolute Gasteiger partial charge is 0.619 e. The Labute approximate surface area is 166 Å². The molecule has 0 saturated heterocycles. The number of carbonyl (C=O) groups is 1. The molecule has 0 radical (unpaired) electrons. The molecule has 0 atom stereocenters. The van der Waals surface area contributed by atoms with Gasteiger partial charge in [0.1, 0.15) is 11.4 Å². The highest BCUT2D eigenvalue weighted by Crippen LogP contribution is 2.30. The molecule has 1 N–H and O–H groups in total. The highest BCUT2D eigenvalue weighted by atomic mass is 35.5. The van der Waals surface area contributed by atoms with Gasteiger partial charge in [0, 0.05) is 42.6 Å². The number of nitrogens with zero attached hydrogens (tertiary/aromatic N) is 3. The summed E-state index contributed by atoms with van der Waals surface area (Å²) in [5.41, 5.74) is 2.75. The third-order valence-electron chi connectivity index (χ3n) is 4.15. The molecule has 1 amide bonds. The SMILES string of the molecule is Cc1cnc(-c2cc(Cl)ccc2F)cc1Nc1cc[n+]([O-])cc1C(=O)N(C)C. The number of aryl methyl sites for hydroxylation is 1. The van der Waals surface area contributed by atoms with Crippen LogP contribution in [0.5, 0.6) is 0 Å². The Morgan fingerprint density at radius 3 is 2.71 bits per heavy atom. The van der Waals surface area contributed by atoms with E-state index < -0.39 is 5.82 Å². The van der Waals surface area contributed by atoms with Crippen molar-refractivity contribution in [3.8, 4) is 11.3 Å². The average molecular weight is 401 g/mol. The summed E-state index contributed by atoms with van der Waals surface area (Å²) in [5.74, 6) is -0.761. The predicted octanol–water partition coefficient (Wildman–Crippen LogP) is 3.93. The molecule has 0 aliphatic heterocycles. The quantitative estimate of drug-likeness (QED) is 0.532. The lowest BCUT2D eigenvalue weighted by atomic mass is 10.1. The Morgan fingerprint density at radius 2 is 2.00 bits per heavy atom. The fourth-order valence-electron chi connectivity index (χ4n) is 2.64. The normalized spacial score (nSPS) is 10.6. The van der Waals surface area contributed by atoms with Crippen LogP contribution in [-0.2, 0) is 0 Å². The van der Waals surface area contributed by atoms with Crippen molar-refractivity contribution < 1.29 is 13.9 Å². The number of amides is 1. The minimum absolute atomic E-state index is 0.217. The van der Waals surface area contributed by atoms with Crippen molar-refractivity contribution in [3.05, 3.63) is 76.1 Å². The fourth-order valence-corrected chi connectivity index (χ4v) is 2.81. The third kappa shape index (κ3) is 4.04. The summed E-state index contributed by atoms with van der Waals surface area (Å²) in [6.07, 6.45) is 4.10. The summed E-state index contributed by atoms with van der Waals surface area (Å²) < 4.78 is 14.8. The summed E-state index contributed by atoms with van der Waals surface area (Å²) in [5, 5.41) is 15.2. The van der Waals surface area contributed by atoms with Crippen LogP contribution < -0.4 is 10.0 Å². The highest BCUT2D eigenvalue weighted by molar-refractivity contribution is 6.30. The Balaban J connectivity index is 2.04. The van der Waals surface area contributed by atoms with E-state index in [1.54, 1.807) is 26.4 Å². The molecule has 0 saturated carbocycles. The molecule has 0 aliphatic rings. The van der Waals surface area contributed by atoms with Crippen LogP contribution in [0.3, 0.4) is 0 Å². The van der Waals surface area contributed by atoms with Gasteiger partial charge in [-0.1, -0.05) is 11.6 Å². The highest BCUT2D eigenvalue weighted by Gasteiger charge is 2.18. The molecular formula is C20H18ClFN4O2. The zero-order valence-electron chi connectivity index (χ0n) is 15.5. The lowest BCUT2D eigenvalue weighted by molar-refractivity contribution is -0.605. The van der Waals surface area contributed by atoms with Crippen molar-refractivity contribution in [1.82, 2.24) is 9.88 Å². The van der Waals surface area contributed by atoms with Crippen molar-refractivity contribution in [2.45, 2.75) is 6.92 Å². The molecule has 1 aromatic carbocycles. The molecule has 28 heavy (non-hydrogen) atoms. The molecule has 2 heterocycles. The second kappa shape index (κ2) is 7.82. The molecule has 0 bridgehead atoms. The Kier molecular flexibility index (Phi) is 5.46. The van der Waals surface area contributed by atoms with Crippen LogP contribution >= 0.6 is 11.6 Å². The van der Waals surface area contributed by atoms with Gasteiger partial charge >= 0.3 is 0 Å². The minimum Gasteiger partial charge on any atom is -0.619 e. The summed E-state index contributed by atoms with van der Waals surface area (Å²) in [6, 6.07) is 7.44. The van der Waals surface area contributed by atoms with Crippen LogP contribution in [0, 0.1) is 17.9 Å². The van der Waals surface area contributed by atoms with Gasteiger partial charge in [-0.3, -0.25) is 9.78 Å². The fraction of sp³-hybridized carbons (Fsp3) is 0.150. The molecule has 0 aliphatic carbocycles. The van der Waals surface area contributed by atoms with Gasteiger partial charge in [0.05, 0.1) is 11.4 Å². The maximum Gasteiger partial charge on any atom is 0.261 e. The monoisotopic (exact) mass is 400 g/mol. The molecule has 0 fully saturated rings. The zero-order valence-corrected chi connectivity index (χ0v) is 16.3. The number of pyridine rings is 2. The predicted molar refractivity (Wildman–Crippen MR) is 106 cm³/mol. The van der Waals surface area contributed by atoms with E-state index in [-0.39, 0.29) is 17.0 Å². The number of carbonyl (C=O) groups excluding carboxylic acids is 1. The van der Waals surface area contributed by atoms with Gasteiger partial charge in [-0.05, 0) is 36.8 Å². The van der Waals surface area contributed by atoms with Crippen molar-refractivity contribution >= 4 is 28.9 Å². The molecule has 2 aromatic heterocycles. The van der Waals surface area contributed by atoms with Crippen LogP contribution in [0.4, 0.5) is 15.8 Å². The van der Waals surface area contributed by atoms with E-state index in [1.807, 2.05) is 6.92 Å². The van der Waals surface area contributed by atoms with Crippen molar-refractivity contribution in [1.29, 1.82) is 0 Å². The maximum atomic E-state index is 14.2. The standard InChI is InChI=1S/C20H18ClFN4O2/c1-12-10-23-19(14-8-13(21)4-5-16(14)22)9-18(12)24-17-6-7-26(28)11-15(17)20(27)25(2)3/h4-11H,1-3H3,(H,23,24). The second-order valence-corrected chi connectivity index (χ2v) is 6.90. The second-order valence-electron chi connectivity index (χ2n) is 6.47. The lowest BCUT2D eigenvalue weighted by Gasteiger charge is -2.16. The molecule has 8 heteroatoms. The Morgan fingerprint density at radius 1 is 1.25 bits per heavy atom. The first-order valence-corrected chi connectivity index (χ1v) is 8.77. The van der Waals surface area contributed by atoms with Crippen LogP contribution in [-0.4, -0.2) is 29.9 Å². The van der Waals surface area contributed by atoms with E-state index in [0.717, 1.165) is 5.56 Å². The number of halogens is 2. The first-order valence-electron chi connectivity index (χ1n) is 8.40. The summed E-state index contributed by atoms with van der Waals surface area (Å²) in [7, 11) is 3.21. The number of anilines is 2. The lowest BCUT2D eigenvalue weighted by Crippen LogP contribution is -2.30. The molecule has 144 valence electrons. The van der Waals surface area contributed by atoms with E-state index in [9.17, 15) is 14.4 Å². The third-order valence-corrected chi connectivity index (χ3v) is 4.38. The van der Waals surface area contributed by atoms with Gasteiger partial charge in [0.2, 0.25) is 0 Å². The van der Waals surface area contributed by atoms with E-state index in [1.165, 1.54) is 41.6 Å². The number of aromatic nitrogens is 2. The summed E-state index contributed by atoms with van der Waals surface area (Å²) >= 11 is 5.98. The minimum atomic E-state index is -0.442. The summed E-state index contributed by atoms with van der Waals surface area (Å²) in [6.45, 7) is 1.83. The zero-order chi connectivity index (χ0) is 20.4. The smallest absolute Gasteiger partial charge is 0.261 e. The molecule has 0 spiro atoms. The van der Waals surface area contributed by atoms with Gasteiger partial charge in [-0.2, -0.15) is 4.73 Å². The molecule has 3 aromatic rings. The van der Waals surface area contributed by atoms with E-state index in [0.29, 0.717) is 26.8 Å². The van der Waals surface area contributed by atoms with E-state index in [2.05, 4.69) is 10.3 Å². The Hall–Kier alpha value is -3.19. The number of rotatable bonds is 4. The van der Waals surface area contributed by atoms with E-state index >= 15 is 0 Å². The van der Waals surface area contributed by atoms with Crippen molar-refractivity contribution in [3.63, 3.8) is 0 Å². The number of hydrogen-bond acceptors (Lipinski definition) is 4. The van der Waals surface area contributed by atoms with Crippen molar-refractivity contribution in [2.24, 2.45) is 0 Å². The van der Waals surface area contributed by atoms with Crippen LogP contribution in [0.25, 0.3) is 11.3 Å². The van der Waals surface area contributed by atoms with Gasteiger partial charge < -0.3 is 15.4 Å². The maximum absolute atomic E-state index is 14.2. The molecule has 6 nitrogen and oxygen atoms in total. The van der Waals surface area contributed by atoms with Crippen LogP contribution in [0.2, 0.25) is 5.02 Å². The first kappa shape index (κ1) is 19.6. The number of benzene rings is 1. The van der Waals surface area contributed by atoms with E-state index in [4.69, 9.17) is 11.6 Å². The van der Waals surface area contributed by atoms with Crippen LogP contribution in [0.15, 0.2) is 48.9 Å². The molecular weight excluding hydrogens is 383 g/mol. The van der Waals surface area contributed by atoms with Gasteiger partial charge in [0.15, 0.2) is 12.4 Å². The van der Waals surface area contributed by atoms with Crippen molar-refractivity contribution in [2.75, 3.05) is 19.4 Å². The number of hydrogen-bond donors (Lipinski definition) is 1. The van der Waals surface area contributed by atoms with Crippen LogP contribution in [0.1, 0.15) is 15.9 Å². The molecule has 3 rings (SSSR count). The summed E-state index contributed by atoms with van der Waals surface area (Å²) in [4.78, 5) is 18.1. The first-order chi connectivity index (χ1) is 13.3. The van der Waals surface area contributed by atoms with Gasteiger partial charge in [-0.25, -0.2) is 4.39 Å².